The molecule has 0 unspecified atom stereocenters. The standard InChI is InChI=1S/C27H31N3O4/c1-5-32-18-9-10-19(21(15-18)33-16(2)3)26(31)25-23-24(29-30-25)22-17(4)7-6-8-20(22)34-27(23)11-13-28-14-12-27/h6-10,15-16,28H,5,11-14H2,1-4H3,(H,29,30). The summed E-state index contributed by atoms with van der Waals surface area (Å²) in [5.41, 5.74) is 4.00. The predicted octanol–water partition coefficient (Wildman–Crippen LogP) is 4.77. The van der Waals surface area contributed by atoms with Crippen LogP contribution in [0.25, 0.3) is 11.3 Å². The Bertz CT molecular complexity index is 1220. The van der Waals surface area contributed by atoms with Crippen LogP contribution in [0.5, 0.6) is 17.2 Å². The van der Waals surface area contributed by atoms with Crippen molar-refractivity contribution in [3.05, 3.63) is 58.8 Å². The third kappa shape index (κ3) is 3.74. The normalized spacial score (nSPS) is 16.0. The molecule has 0 bridgehead atoms. The second kappa shape index (κ2) is 8.80. The van der Waals surface area contributed by atoms with Gasteiger partial charge in [-0.3, -0.25) is 9.89 Å². The van der Waals surface area contributed by atoms with E-state index in [4.69, 9.17) is 14.2 Å². The molecule has 0 saturated carbocycles. The Hall–Kier alpha value is -3.32. The minimum Gasteiger partial charge on any atom is -0.494 e. The molecule has 3 heterocycles. The number of hydrogen-bond acceptors (Lipinski definition) is 6. The van der Waals surface area contributed by atoms with Gasteiger partial charge in [-0.1, -0.05) is 12.1 Å². The number of aromatic amines is 1. The van der Waals surface area contributed by atoms with Crippen molar-refractivity contribution >= 4 is 5.78 Å². The van der Waals surface area contributed by atoms with E-state index in [0.717, 1.165) is 54.1 Å². The highest BCUT2D eigenvalue weighted by Gasteiger charge is 2.47. The number of aromatic nitrogens is 2. The number of carbonyl (C=O) groups is 1. The molecule has 178 valence electrons. The van der Waals surface area contributed by atoms with E-state index >= 15 is 0 Å². The molecule has 1 saturated heterocycles. The van der Waals surface area contributed by atoms with Crippen LogP contribution < -0.4 is 19.5 Å². The number of H-pyrrole nitrogens is 1. The predicted molar refractivity (Wildman–Crippen MR) is 130 cm³/mol. The zero-order chi connectivity index (χ0) is 23.9. The Morgan fingerprint density at radius 3 is 2.74 bits per heavy atom. The maximum atomic E-state index is 14.0. The van der Waals surface area contributed by atoms with Crippen molar-refractivity contribution in [3.8, 4) is 28.5 Å². The molecule has 1 spiro atoms. The number of fused-ring (bicyclic) bond motifs is 4. The minimum absolute atomic E-state index is 0.0901. The summed E-state index contributed by atoms with van der Waals surface area (Å²) in [6, 6.07) is 11.4. The van der Waals surface area contributed by atoms with Crippen molar-refractivity contribution in [1.82, 2.24) is 15.5 Å². The first-order valence-corrected chi connectivity index (χ1v) is 12.0. The van der Waals surface area contributed by atoms with E-state index in [1.54, 1.807) is 12.1 Å². The average Bonchev–Trinajstić information content (AvgIpc) is 3.26. The molecule has 2 N–H and O–H groups in total. The molecule has 0 atom stereocenters. The van der Waals surface area contributed by atoms with Crippen molar-refractivity contribution in [3.63, 3.8) is 0 Å². The van der Waals surface area contributed by atoms with Crippen LogP contribution in [0, 0.1) is 6.92 Å². The lowest BCUT2D eigenvalue weighted by Gasteiger charge is -2.42. The van der Waals surface area contributed by atoms with Crippen LogP contribution in [0.3, 0.4) is 0 Å². The molecule has 2 aliphatic rings. The van der Waals surface area contributed by atoms with Gasteiger partial charge < -0.3 is 19.5 Å². The van der Waals surface area contributed by atoms with Gasteiger partial charge in [-0.05, 0) is 64.5 Å². The average molecular weight is 462 g/mol. The van der Waals surface area contributed by atoms with Gasteiger partial charge in [0.2, 0.25) is 5.78 Å². The zero-order valence-electron chi connectivity index (χ0n) is 20.2. The van der Waals surface area contributed by atoms with E-state index in [-0.39, 0.29) is 11.9 Å². The molecule has 7 heteroatoms. The van der Waals surface area contributed by atoms with Crippen LogP contribution >= 0.6 is 0 Å². The van der Waals surface area contributed by atoms with Gasteiger partial charge in [0, 0.05) is 24.5 Å². The molecule has 0 aliphatic carbocycles. The van der Waals surface area contributed by atoms with Crippen molar-refractivity contribution in [1.29, 1.82) is 0 Å². The van der Waals surface area contributed by atoms with Crippen LogP contribution in [-0.2, 0) is 5.60 Å². The highest BCUT2D eigenvalue weighted by Crippen LogP contribution is 2.50. The lowest BCUT2D eigenvalue weighted by Crippen LogP contribution is -2.46. The summed E-state index contributed by atoms with van der Waals surface area (Å²) in [6.07, 6.45) is 1.42. The van der Waals surface area contributed by atoms with Crippen molar-refractivity contribution in [2.24, 2.45) is 0 Å². The van der Waals surface area contributed by atoms with Crippen LogP contribution in [0.15, 0.2) is 36.4 Å². The number of rotatable bonds is 6. The Morgan fingerprint density at radius 1 is 1.21 bits per heavy atom. The SMILES string of the molecule is CCOc1ccc(C(=O)c2[nH]nc3c2C2(CCNCC2)Oc2cccc(C)c2-3)c(OC(C)C)c1. The summed E-state index contributed by atoms with van der Waals surface area (Å²) in [5, 5.41) is 11.2. The molecule has 0 radical (unpaired) electrons. The molecule has 7 nitrogen and oxygen atoms in total. The van der Waals surface area contributed by atoms with Gasteiger partial charge in [0.15, 0.2) is 0 Å². The number of ether oxygens (including phenoxy) is 3. The van der Waals surface area contributed by atoms with Crippen LogP contribution in [-0.4, -0.2) is 41.8 Å². The minimum atomic E-state index is -0.607. The Morgan fingerprint density at radius 2 is 2.00 bits per heavy atom. The van der Waals surface area contributed by atoms with E-state index < -0.39 is 5.60 Å². The van der Waals surface area contributed by atoms with Crippen LogP contribution in [0.4, 0.5) is 0 Å². The lowest BCUT2D eigenvalue weighted by molar-refractivity contribution is 0.0298. The second-order valence-electron chi connectivity index (χ2n) is 9.20. The first kappa shape index (κ1) is 22.5. The number of carbonyl (C=O) groups excluding carboxylic acids is 1. The van der Waals surface area contributed by atoms with E-state index in [9.17, 15) is 4.79 Å². The summed E-state index contributed by atoms with van der Waals surface area (Å²) in [4.78, 5) is 14.0. The van der Waals surface area contributed by atoms with Gasteiger partial charge in [0.1, 0.15) is 34.2 Å². The van der Waals surface area contributed by atoms with Gasteiger partial charge in [-0.2, -0.15) is 5.10 Å². The fourth-order valence-corrected chi connectivity index (χ4v) is 5.04. The largest absolute Gasteiger partial charge is 0.494 e. The molecule has 0 amide bonds. The first-order chi connectivity index (χ1) is 16.4. The van der Waals surface area contributed by atoms with E-state index in [1.165, 1.54) is 0 Å². The number of aryl methyl sites for hydroxylation is 1. The number of nitrogens with one attached hydrogen (secondary N) is 2. The van der Waals surface area contributed by atoms with E-state index in [1.807, 2.05) is 52.0 Å². The monoisotopic (exact) mass is 461 g/mol. The number of nitrogens with zero attached hydrogens (tertiary/aromatic N) is 1. The fraction of sp³-hybridized carbons (Fsp3) is 0.407. The van der Waals surface area contributed by atoms with Gasteiger partial charge >= 0.3 is 0 Å². The molecule has 34 heavy (non-hydrogen) atoms. The molecule has 1 fully saturated rings. The maximum Gasteiger partial charge on any atom is 0.214 e. The molecule has 2 aromatic carbocycles. The van der Waals surface area contributed by atoms with Crippen molar-refractivity contribution < 1.29 is 19.0 Å². The second-order valence-corrected chi connectivity index (χ2v) is 9.20. The fourth-order valence-electron chi connectivity index (χ4n) is 5.04. The Labute approximate surface area is 199 Å². The maximum absolute atomic E-state index is 14.0. The summed E-state index contributed by atoms with van der Waals surface area (Å²) in [6.45, 7) is 10.0. The lowest BCUT2D eigenvalue weighted by atomic mass is 9.78. The summed E-state index contributed by atoms with van der Waals surface area (Å²) in [7, 11) is 0. The Balaban J connectivity index is 1.66. The van der Waals surface area contributed by atoms with Crippen molar-refractivity contribution in [2.45, 2.75) is 52.2 Å². The third-order valence-electron chi connectivity index (χ3n) is 6.51. The highest BCUT2D eigenvalue weighted by molar-refractivity contribution is 6.11. The van der Waals surface area contributed by atoms with Gasteiger partial charge in [0.05, 0.1) is 23.8 Å². The molecular weight excluding hydrogens is 430 g/mol. The number of ketones is 1. The molecule has 1 aromatic heterocycles. The summed E-state index contributed by atoms with van der Waals surface area (Å²) < 4.78 is 18.4. The van der Waals surface area contributed by atoms with E-state index in [0.29, 0.717) is 29.4 Å². The summed E-state index contributed by atoms with van der Waals surface area (Å²) >= 11 is 0. The first-order valence-electron chi connectivity index (χ1n) is 12.0. The highest BCUT2D eigenvalue weighted by atomic mass is 16.5. The third-order valence-corrected chi connectivity index (χ3v) is 6.51. The van der Waals surface area contributed by atoms with E-state index in [2.05, 4.69) is 15.5 Å². The number of piperidine rings is 1. The Kier molecular flexibility index (Phi) is 5.81. The topological polar surface area (TPSA) is 85.5 Å². The van der Waals surface area contributed by atoms with Crippen molar-refractivity contribution in [2.75, 3.05) is 19.7 Å². The van der Waals surface area contributed by atoms with Gasteiger partial charge in [0.25, 0.3) is 0 Å². The number of hydrogen-bond donors (Lipinski definition) is 2. The smallest absolute Gasteiger partial charge is 0.214 e. The molecular formula is C27H31N3O4. The van der Waals surface area contributed by atoms with Gasteiger partial charge in [-0.25, -0.2) is 0 Å². The van der Waals surface area contributed by atoms with Crippen LogP contribution in [0.2, 0.25) is 0 Å². The zero-order valence-corrected chi connectivity index (χ0v) is 20.2. The quantitative estimate of drug-likeness (QED) is 0.514. The van der Waals surface area contributed by atoms with Crippen LogP contribution in [0.1, 0.15) is 60.8 Å². The number of benzene rings is 2. The van der Waals surface area contributed by atoms with Gasteiger partial charge in [-0.15, -0.1) is 0 Å². The molecule has 3 aromatic rings. The molecule has 5 rings (SSSR count). The molecule has 2 aliphatic heterocycles. The summed E-state index contributed by atoms with van der Waals surface area (Å²) in [5.74, 6) is 1.84.